The van der Waals surface area contributed by atoms with Crippen LogP contribution in [0.25, 0.3) is 10.9 Å². The molecule has 1 atom stereocenters. The van der Waals surface area contributed by atoms with Gasteiger partial charge in [0.05, 0.1) is 5.52 Å². The number of hydrogen-bond acceptors (Lipinski definition) is 3. The van der Waals surface area contributed by atoms with Gasteiger partial charge in [-0.3, -0.25) is 9.78 Å². The van der Waals surface area contributed by atoms with Gasteiger partial charge in [-0.15, -0.1) is 0 Å². The Bertz CT molecular complexity index is 605. The Balaban J connectivity index is 2.40. The zero-order valence-electron chi connectivity index (χ0n) is 11.7. The Morgan fingerprint density at radius 1 is 1.26 bits per heavy atom. The second-order valence-corrected chi connectivity index (χ2v) is 5.31. The van der Waals surface area contributed by atoms with E-state index in [-0.39, 0.29) is 17.6 Å². The van der Waals surface area contributed by atoms with Crippen molar-refractivity contribution in [2.24, 2.45) is 17.6 Å². The van der Waals surface area contributed by atoms with Gasteiger partial charge in [0.2, 0.25) is 0 Å². The van der Waals surface area contributed by atoms with Crippen molar-refractivity contribution in [2.75, 3.05) is 6.54 Å². The molecule has 2 aromatic rings. The highest BCUT2D eigenvalue weighted by molar-refractivity contribution is 6.01. The zero-order valence-corrected chi connectivity index (χ0v) is 11.7. The van der Waals surface area contributed by atoms with E-state index in [0.717, 1.165) is 22.2 Å². The smallest absolute Gasteiger partial charge is 0.167 e. The molecule has 1 aromatic heterocycles. The van der Waals surface area contributed by atoms with Gasteiger partial charge in [0, 0.05) is 29.1 Å². The number of pyridine rings is 1. The first-order valence-electron chi connectivity index (χ1n) is 6.64. The Kier molecular flexibility index (Phi) is 3.96. The molecule has 0 fully saturated rings. The lowest BCUT2D eigenvalue weighted by molar-refractivity contribution is 0.0892. The fraction of sp³-hybridized carbons (Fsp3) is 0.375. The standard InChI is InChI=1S/C16H20N2O/c1-10(2)14(9-17)16(19)13-6-7-15-12(8-13)5-4-11(3)18-15/h4-8,10,14H,9,17H2,1-3H3. The van der Waals surface area contributed by atoms with E-state index in [0.29, 0.717) is 6.54 Å². The summed E-state index contributed by atoms with van der Waals surface area (Å²) >= 11 is 0. The molecule has 1 aromatic carbocycles. The van der Waals surface area contributed by atoms with Gasteiger partial charge < -0.3 is 5.73 Å². The highest BCUT2D eigenvalue weighted by Crippen LogP contribution is 2.20. The van der Waals surface area contributed by atoms with Crippen molar-refractivity contribution >= 4 is 16.7 Å². The summed E-state index contributed by atoms with van der Waals surface area (Å²) in [6, 6.07) is 9.63. The Labute approximate surface area is 113 Å². The van der Waals surface area contributed by atoms with Crippen molar-refractivity contribution in [3.8, 4) is 0 Å². The normalized spacial score (nSPS) is 12.9. The number of ketones is 1. The van der Waals surface area contributed by atoms with Crippen LogP contribution >= 0.6 is 0 Å². The lowest BCUT2D eigenvalue weighted by Crippen LogP contribution is -2.28. The number of carbonyl (C=O) groups is 1. The molecule has 1 heterocycles. The number of aryl methyl sites for hydroxylation is 1. The molecule has 0 saturated heterocycles. The summed E-state index contributed by atoms with van der Waals surface area (Å²) in [5.41, 5.74) is 8.34. The minimum absolute atomic E-state index is 0.115. The number of hydrogen-bond donors (Lipinski definition) is 1. The summed E-state index contributed by atoms with van der Waals surface area (Å²) < 4.78 is 0. The number of carbonyl (C=O) groups excluding carboxylic acids is 1. The van der Waals surface area contributed by atoms with Gasteiger partial charge in [-0.1, -0.05) is 19.9 Å². The van der Waals surface area contributed by atoms with E-state index in [1.165, 1.54) is 0 Å². The summed E-state index contributed by atoms with van der Waals surface area (Å²) in [4.78, 5) is 16.9. The predicted octanol–water partition coefficient (Wildman–Crippen LogP) is 2.96. The van der Waals surface area contributed by atoms with E-state index in [9.17, 15) is 4.79 Å². The lowest BCUT2D eigenvalue weighted by atomic mass is 9.87. The summed E-state index contributed by atoms with van der Waals surface area (Å²) in [6.07, 6.45) is 0. The zero-order chi connectivity index (χ0) is 14.0. The minimum atomic E-state index is -0.115. The molecular weight excluding hydrogens is 236 g/mol. The van der Waals surface area contributed by atoms with Crippen molar-refractivity contribution in [3.05, 3.63) is 41.6 Å². The van der Waals surface area contributed by atoms with Crippen molar-refractivity contribution in [1.82, 2.24) is 4.98 Å². The molecular formula is C16H20N2O. The minimum Gasteiger partial charge on any atom is -0.330 e. The van der Waals surface area contributed by atoms with Gasteiger partial charge in [-0.2, -0.15) is 0 Å². The number of nitrogens with two attached hydrogens (primary N) is 1. The number of benzene rings is 1. The van der Waals surface area contributed by atoms with E-state index < -0.39 is 0 Å². The first-order valence-corrected chi connectivity index (χ1v) is 6.64. The molecule has 0 spiro atoms. The maximum Gasteiger partial charge on any atom is 0.167 e. The van der Waals surface area contributed by atoms with Gasteiger partial charge in [-0.25, -0.2) is 0 Å². The third-order valence-corrected chi connectivity index (χ3v) is 3.51. The van der Waals surface area contributed by atoms with Crippen LogP contribution in [0.5, 0.6) is 0 Å². The summed E-state index contributed by atoms with van der Waals surface area (Å²) in [5, 5.41) is 0.996. The average molecular weight is 256 g/mol. The molecule has 0 aliphatic heterocycles. The first kappa shape index (κ1) is 13.7. The fourth-order valence-electron chi connectivity index (χ4n) is 2.28. The molecule has 0 amide bonds. The maximum absolute atomic E-state index is 12.4. The van der Waals surface area contributed by atoms with Crippen LogP contribution in [0, 0.1) is 18.8 Å². The van der Waals surface area contributed by atoms with Crippen LogP contribution in [-0.2, 0) is 0 Å². The second-order valence-electron chi connectivity index (χ2n) is 5.31. The van der Waals surface area contributed by atoms with Gasteiger partial charge >= 0.3 is 0 Å². The highest BCUT2D eigenvalue weighted by Gasteiger charge is 2.22. The topological polar surface area (TPSA) is 56.0 Å². The number of aromatic nitrogens is 1. The number of nitrogens with zero attached hydrogens (tertiary/aromatic N) is 1. The van der Waals surface area contributed by atoms with Crippen LogP contribution < -0.4 is 5.73 Å². The van der Waals surface area contributed by atoms with Crippen molar-refractivity contribution in [2.45, 2.75) is 20.8 Å². The fourth-order valence-corrected chi connectivity index (χ4v) is 2.28. The quantitative estimate of drug-likeness (QED) is 0.856. The molecule has 19 heavy (non-hydrogen) atoms. The van der Waals surface area contributed by atoms with Gasteiger partial charge in [-0.05, 0) is 37.1 Å². The van der Waals surface area contributed by atoms with Crippen LogP contribution in [-0.4, -0.2) is 17.3 Å². The first-order chi connectivity index (χ1) is 9.02. The molecule has 0 saturated carbocycles. The predicted molar refractivity (Wildman–Crippen MR) is 78.2 cm³/mol. The van der Waals surface area contributed by atoms with Crippen LogP contribution in [0.4, 0.5) is 0 Å². The summed E-state index contributed by atoms with van der Waals surface area (Å²) in [5.74, 6) is 0.264. The molecule has 100 valence electrons. The maximum atomic E-state index is 12.4. The van der Waals surface area contributed by atoms with Crippen LogP contribution in [0.15, 0.2) is 30.3 Å². The molecule has 1 unspecified atom stereocenters. The molecule has 0 aliphatic carbocycles. The van der Waals surface area contributed by atoms with Crippen molar-refractivity contribution in [3.63, 3.8) is 0 Å². The van der Waals surface area contributed by atoms with Crippen LogP contribution in [0.3, 0.4) is 0 Å². The van der Waals surface area contributed by atoms with E-state index in [4.69, 9.17) is 5.73 Å². The van der Waals surface area contributed by atoms with Gasteiger partial charge in [0.1, 0.15) is 0 Å². The van der Waals surface area contributed by atoms with Crippen LogP contribution in [0.1, 0.15) is 29.9 Å². The number of fused-ring (bicyclic) bond motifs is 1. The third kappa shape index (κ3) is 2.82. The number of rotatable bonds is 4. The van der Waals surface area contributed by atoms with Crippen molar-refractivity contribution < 1.29 is 4.79 Å². The molecule has 2 N–H and O–H groups in total. The SMILES string of the molecule is Cc1ccc2cc(C(=O)C(CN)C(C)C)ccc2n1. The van der Waals surface area contributed by atoms with E-state index in [1.807, 2.05) is 51.1 Å². The molecule has 0 bridgehead atoms. The Morgan fingerprint density at radius 2 is 2.00 bits per heavy atom. The molecule has 0 radical (unpaired) electrons. The monoisotopic (exact) mass is 256 g/mol. The van der Waals surface area contributed by atoms with E-state index in [1.54, 1.807) is 0 Å². The number of Topliss-reactive ketones (excluding diaryl/α,β-unsaturated/α-hetero) is 1. The molecule has 3 nitrogen and oxygen atoms in total. The molecule has 0 aliphatic rings. The lowest BCUT2D eigenvalue weighted by Gasteiger charge is -2.17. The Hall–Kier alpha value is -1.74. The highest BCUT2D eigenvalue weighted by atomic mass is 16.1. The van der Waals surface area contributed by atoms with Gasteiger partial charge in [0.15, 0.2) is 5.78 Å². The van der Waals surface area contributed by atoms with E-state index in [2.05, 4.69) is 4.98 Å². The molecule has 3 heteroatoms. The molecule has 2 rings (SSSR count). The summed E-state index contributed by atoms with van der Waals surface area (Å²) in [7, 11) is 0. The van der Waals surface area contributed by atoms with Gasteiger partial charge in [0.25, 0.3) is 0 Å². The van der Waals surface area contributed by atoms with Crippen molar-refractivity contribution in [1.29, 1.82) is 0 Å². The average Bonchev–Trinajstić information content (AvgIpc) is 2.38. The second kappa shape index (κ2) is 5.49. The Morgan fingerprint density at radius 3 is 2.63 bits per heavy atom. The van der Waals surface area contributed by atoms with E-state index >= 15 is 0 Å². The van der Waals surface area contributed by atoms with Crippen LogP contribution in [0.2, 0.25) is 0 Å². The largest absolute Gasteiger partial charge is 0.330 e. The summed E-state index contributed by atoms with van der Waals surface area (Å²) in [6.45, 7) is 6.41. The third-order valence-electron chi connectivity index (χ3n) is 3.51.